The minimum atomic E-state index is -0.515. The van der Waals surface area contributed by atoms with Gasteiger partial charge in [0.25, 0.3) is 5.91 Å². The van der Waals surface area contributed by atoms with E-state index >= 15 is 0 Å². The molecule has 0 aliphatic rings. The van der Waals surface area contributed by atoms with E-state index in [1.807, 2.05) is 12.1 Å². The molecule has 0 fully saturated rings. The Bertz CT molecular complexity index is 895. The Morgan fingerprint density at radius 1 is 1.36 bits per heavy atom. The quantitative estimate of drug-likeness (QED) is 0.778. The van der Waals surface area contributed by atoms with E-state index in [4.69, 9.17) is 5.26 Å². The Kier molecular flexibility index (Phi) is 3.54. The molecule has 0 radical (unpaired) electrons. The summed E-state index contributed by atoms with van der Waals surface area (Å²) < 4.78 is 13.8. The molecule has 0 unspecified atom stereocenters. The second-order valence-corrected chi connectivity index (χ2v) is 4.74. The molecule has 22 heavy (non-hydrogen) atoms. The van der Waals surface area contributed by atoms with Gasteiger partial charge in [0.15, 0.2) is 0 Å². The molecule has 3 rings (SSSR count). The Labute approximate surface area is 125 Å². The lowest BCUT2D eigenvalue weighted by atomic mass is 10.1. The molecule has 0 aliphatic heterocycles. The third-order valence-electron chi connectivity index (χ3n) is 3.34. The predicted octanol–water partition coefficient (Wildman–Crippen LogP) is 2.50. The van der Waals surface area contributed by atoms with E-state index in [0.717, 1.165) is 11.5 Å². The average Bonchev–Trinajstić information content (AvgIpc) is 3.01. The van der Waals surface area contributed by atoms with Crippen LogP contribution in [0, 0.1) is 17.1 Å². The van der Waals surface area contributed by atoms with Crippen LogP contribution in [0.15, 0.2) is 42.6 Å². The molecule has 108 valence electrons. The number of rotatable bonds is 3. The number of amides is 1. The van der Waals surface area contributed by atoms with E-state index in [2.05, 4.69) is 15.5 Å². The normalized spacial score (nSPS) is 10.4. The number of halogens is 1. The summed E-state index contributed by atoms with van der Waals surface area (Å²) in [5.74, 6) is -0.835. The van der Waals surface area contributed by atoms with Crippen LogP contribution < -0.4 is 5.32 Å². The number of para-hydroxylation sites is 1. The molecular formula is C16H11FN4O. The minimum absolute atomic E-state index is 0.0426. The molecule has 0 spiro atoms. The van der Waals surface area contributed by atoms with Crippen molar-refractivity contribution in [2.24, 2.45) is 0 Å². The summed E-state index contributed by atoms with van der Waals surface area (Å²) in [6, 6.07) is 11.3. The number of aromatic amines is 1. The third kappa shape index (κ3) is 2.52. The van der Waals surface area contributed by atoms with Crippen LogP contribution in [-0.2, 0) is 6.54 Å². The van der Waals surface area contributed by atoms with E-state index in [9.17, 15) is 9.18 Å². The molecule has 0 saturated heterocycles. The van der Waals surface area contributed by atoms with Crippen LogP contribution >= 0.6 is 0 Å². The van der Waals surface area contributed by atoms with Gasteiger partial charge in [-0.3, -0.25) is 9.89 Å². The van der Waals surface area contributed by atoms with E-state index in [0.29, 0.717) is 16.6 Å². The van der Waals surface area contributed by atoms with Crippen molar-refractivity contribution in [3.8, 4) is 6.07 Å². The van der Waals surface area contributed by atoms with E-state index in [-0.39, 0.29) is 18.0 Å². The first-order valence-electron chi connectivity index (χ1n) is 6.58. The van der Waals surface area contributed by atoms with Crippen molar-refractivity contribution in [3.63, 3.8) is 0 Å². The minimum Gasteiger partial charge on any atom is -0.348 e. The molecule has 3 aromatic rings. The van der Waals surface area contributed by atoms with Gasteiger partial charge in [0, 0.05) is 17.5 Å². The van der Waals surface area contributed by atoms with Crippen molar-refractivity contribution in [3.05, 3.63) is 65.1 Å². The lowest BCUT2D eigenvalue weighted by molar-refractivity contribution is 0.0952. The van der Waals surface area contributed by atoms with Crippen LogP contribution in [0.25, 0.3) is 10.9 Å². The number of benzene rings is 2. The van der Waals surface area contributed by atoms with Crippen LogP contribution in [0.4, 0.5) is 4.39 Å². The van der Waals surface area contributed by atoms with Crippen LogP contribution in [0.2, 0.25) is 0 Å². The molecule has 0 saturated carbocycles. The fourth-order valence-electron chi connectivity index (χ4n) is 2.19. The molecule has 1 amide bonds. The molecule has 1 aromatic heterocycles. The van der Waals surface area contributed by atoms with Crippen LogP contribution in [0.3, 0.4) is 0 Å². The molecular weight excluding hydrogens is 283 g/mol. The number of carbonyl (C=O) groups excluding carboxylic acids is 1. The van der Waals surface area contributed by atoms with E-state index in [1.165, 1.54) is 12.1 Å². The topological polar surface area (TPSA) is 81.6 Å². The molecule has 0 atom stereocenters. The number of fused-ring (bicyclic) bond motifs is 1. The summed E-state index contributed by atoms with van der Waals surface area (Å²) >= 11 is 0. The highest BCUT2D eigenvalue weighted by atomic mass is 19.1. The van der Waals surface area contributed by atoms with Crippen molar-refractivity contribution < 1.29 is 9.18 Å². The molecule has 0 bridgehead atoms. The van der Waals surface area contributed by atoms with Gasteiger partial charge in [0.2, 0.25) is 0 Å². The predicted molar refractivity (Wildman–Crippen MR) is 78.4 cm³/mol. The van der Waals surface area contributed by atoms with E-state index in [1.54, 1.807) is 18.3 Å². The zero-order valence-electron chi connectivity index (χ0n) is 11.4. The number of carbonyl (C=O) groups is 1. The Hall–Kier alpha value is -3.20. The number of nitrogens with one attached hydrogen (secondary N) is 2. The Balaban J connectivity index is 1.78. The third-order valence-corrected chi connectivity index (χ3v) is 3.34. The number of hydrogen-bond donors (Lipinski definition) is 2. The highest BCUT2D eigenvalue weighted by Crippen LogP contribution is 2.16. The number of nitriles is 1. The Morgan fingerprint density at radius 2 is 2.23 bits per heavy atom. The molecule has 1 heterocycles. The van der Waals surface area contributed by atoms with Gasteiger partial charge in [-0.1, -0.05) is 18.2 Å². The van der Waals surface area contributed by atoms with Gasteiger partial charge in [0.1, 0.15) is 5.82 Å². The number of nitrogens with zero attached hydrogens (tertiary/aromatic N) is 2. The van der Waals surface area contributed by atoms with Crippen molar-refractivity contribution in [1.29, 1.82) is 5.26 Å². The van der Waals surface area contributed by atoms with Gasteiger partial charge < -0.3 is 5.32 Å². The molecule has 6 heteroatoms. The maximum Gasteiger partial charge on any atom is 0.253 e. The number of aromatic nitrogens is 2. The molecule has 2 aromatic carbocycles. The molecule has 2 N–H and O–H groups in total. The number of hydrogen-bond acceptors (Lipinski definition) is 3. The van der Waals surface area contributed by atoms with Crippen LogP contribution in [0.5, 0.6) is 0 Å². The van der Waals surface area contributed by atoms with Gasteiger partial charge in [0.05, 0.1) is 28.9 Å². The van der Waals surface area contributed by atoms with Crippen molar-refractivity contribution in [2.75, 3.05) is 0 Å². The summed E-state index contributed by atoms with van der Waals surface area (Å²) in [7, 11) is 0. The molecule has 5 nitrogen and oxygen atoms in total. The SMILES string of the molecule is N#Cc1ccc(CNC(=O)c2cccc3cn[nH]c23)c(F)c1. The van der Waals surface area contributed by atoms with Gasteiger partial charge in [-0.05, 0) is 18.2 Å². The van der Waals surface area contributed by atoms with Gasteiger partial charge in [-0.25, -0.2) is 4.39 Å². The second kappa shape index (κ2) is 5.66. The maximum atomic E-state index is 13.8. The van der Waals surface area contributed by atoms with Crippen LogP contribution in [0.1, 0.15) is 21.5 Å². The summed E-state index contributed by atoms with van der Waals surface area (Å²) in [5.41, 5.74) is 1.66. The fraction of sp³-hybridized carbons (Fsp3) is 0.0625. The first kappa shape index (κ1) is 13.8. The summed E-state index contributed by atoms with van der Waals surface area (Å²) in [4.78, 5) is 12.2. The maximum absolute atomic E-state index is 13.8. The lowest BCUT2D eigenvalue weighted by Crippen LogP contribution is -2.23. The zero-order chi connectivity index (χ0) is 15.5. The van der Waals surface area contributed by atoms with Crippen molar-refractivity contribution in [2.45, 2.75) is 6.54 Å². The standard InChI is InChI=1S/C16H11FN4O/c17-14-6-10(7-18)4-5-11(14)8-19-16(22)13-3-1-2-12-9-20-21-15(12)13/h1-6,9H,8H2,(H,19,22)(H,20,21). The molecule has 0 aliphatic carbocycles. The Morgan fingerprint density at radius 3 is 3.00 bits per heavy atom. The van der Waals surface area contributed by atoms with Gasteiger partial charge in [-0.15, -0.1) is 0 Å². The highest BCUT2D eigenvalue weighted by molar-refractivity contribution is 6.05. The average molecular weight is 294 g/mol. The first-order chi connectivity index (χ1) is 10.7. The van der Waals surface area contributed by atoms with E-state index < -0.39 is 5.82 Å². The second-order valence-electron chi connectivity index (χ2n) is 4.74. The van der Waals surface area contributed by atoms with Crippen molar-refractivity contribution >= 4 is 16.8 Å². The largest absolute Gasteiger partial charge is 0.348 e. The summed E-state index contributed by atoms with van der Waals surface area (Å²) in [6.45, 7) is 0.0426. The number of H-pyrrole nitrogens is 1. The van der Waals surface area contributed by atoms with Gasteiger partial charge >= 0.3 is 0 Å². The fourth-order valence-corrected chi connectivity index (χ4v) is 2.19. The zero-order valence-corrected chi connectivity index (χ0v) is 11.4. The monoisotopic (exact) mass is 294 g/mol. The summed E-state index contributed by atoms with van der Waals surface area (Å²) in [6.07, 6.45) is 1.63. The highest BCUT2D eigenvalue weighted by Gasteiger charge is 2.12. The summed E-state index contributed by atoms with van der Waals surface area (Å²) in [5, 5.41) is 18.9. The lowest BCUT2D eigenvalue weighted by Gasteiger charge is -2.07. The van der Waals surface area contributed by atoms with Crippen LogP contribution in [-0.4, -0.2) is 16.1 Å². The van der Waals surface area contributed by atoms with Crippen molar-refractivity contribution in [1.82, 2.24) is 15.5 Å². The van der Waals surface area contributed by atoms with Gasteiger partial charge in [-0.2, -0.15) is 10.4 Å². The smallest absolute Gasteiger partial charge is 0.253 e. The first-order valence-corrected chi connectivity index (χ1v) is 6.58.